The van der Waals surface area contributed by atoms with Gasteiger partial charge in [-0.25, -0.2) is 0 Å². The second kappa shape index (κ2) is 8.55. The van der Waals surface area contributed by atoms with Crippen LogP contribution >= 0.6 is 0 Å². The quantitative estimate of drug-likeness (QED) is 0.636. The number of rotatable bonds is 6. The Hall–Kier alpha value is -2.77. The first kappa shape index (κ1) is 18.0. The van der Waals surface area contributed by atoms with Crippen molar-refractivity contribution in [1.29, 1.82) is 0 Å². The monoisotopic (exact) mass is 355 g/mol. The molecule has 7 nitrogen and oxygen atoms in total. The molecule has 2 aromatic carbocycles. The number of benzene rings is 2. The highest BCUT2D eigenvalue weighted by Crippen LogP contribution is 2.21. The van der Waals surface area contributed by atoms with Gasteiger partial charge in [0.25, 0.3) is 5.69 Å². The predicted molar refractivity (Wildman–Crippen MR) is 98.0 cm³/mol. The molecule has 1 heterocycles. The molecule has 26 heavy (non-hydrogen) atoms. The van der Waals surface area contributed by atoms with Crippen LogP contribution in [-0.2, 0) is 22.5 Å². The van der Waals surface area contributed by atoms with Crippen molar-refractivity contribution in [3.63, 3.8) is 0 Å². The number of anilines is 1. The zero-order valence-electron chi connectivity index (χ0n) is 14.4. The van der Waals surface area contributed by atoms with Crippen LogP contribution in [-0.4, -0.2) is 42.0 Å². The minimum Gasteiger partial charge on any atom is -0.379 e. The molecule has 0 radical (unpaired) electrons. The highest BCUT2D eigenvalue weighted by atomic mass is 16.6. The maximum Gasteiger partial charge on any atom is 0.273 e. The standard InChI is InChI=1S/C19H21N3O4/c23-19(13-15-5-2-4-8-18(15)22(24)25)20-17-7-3-1-6-16(17)14-21-9-11-26-12-10-21/h1-8H,9-14H2,(H,20,23). The van der Waals surface area contributed by atoms with Crippen LogP contribution in [0.3, 0.4) is 0 Å². The van der Waals surface area contributed by atoms with E-state index in [1.807, 2.05) is 24.3 Å². The van der Waals surface area contributed by atoms with Crippen molar-refractivity contribution in [3.05, 3.63) is 69.8 Å². The molecule has 2 aromatic rings. The maximum absolute atomic E-state index is 12.4. The summed E-state index contributed by atoms with van der Waals surface area (Å²) in [5.74, 6) is -0.270. The van der Waals surface area contributed by atoms with Crippen molar-refractivity contribution in [2.24, 2.45) is 0 Å². The van der Waals surface area contributed by atoms with E-state index in [4.69, 9.17) is 4.74 Å². The van der Waals surface area contributed by atoms with Crippen molar-refractivity contribution in [3.8, 4) is 0 Å². The van der Waals surface area contributed by atoms with E-state index in [9.17, 15) is 14.9 Å². The van der Waals surface area contributed by atoms with Crippen molar-refractivity contribution in [2.45, 2.75) is 13.0 Å². The third-order valence-corrected chi connectivity index (χ3v) is 4.33. The van der Waals surface area contributed by atoms with E-state index in [2.05, 4.69) is 10.2 Å². The van der Waals surface area contributed by atoms with E-state index >= 15 is 0 Å². The van der Waals surface area contributed by atoms with Gasteiger partial charge in [0.05, 0.1) is 24.6 Å². The fraction of sp³-hybridized carbons (Fsp3) is 0.316. The summed E-state index contributed by atoms with van der Waals surface area (Å²) in [5, 5.41) is 14.0. The average Bonchev–Trinajstić information content (AvgIpc) is 2.64. The lowest BCUT2D eigenvalue weighted by Crippen LogP contribution is -2.35. The molecular formula is C19H21N3O4. The number of nitrogens with one attached hydrogen (secondary N) is 1. The lowest BCUT2D eigenvalue weighted by Gasteiger charge is -2.27. The molecule has 0 unspecified atom stereocenters. The Kier molecular flexibility index (Phi) is 5.93. The Morgan fingerprint density at radius 3 is 2.46 bits per heavy atom. The SMILES string of the molecule is O=C(Cc1ccccc1[N+](=O)[O-])Nc1ccccc1CN1CCOCC1. The summed E-state index contributed by atoms with van der Waals surface area (Å²) < 4.78 is 5.36. The Morgan fingerprint density at radius 2 is 1.73 bits per heavy atom. The average molecular weight is 355 g/mol. The minimum absolute atomic E-state index is 0.0377. The second-order valence-electron chi connectivity index (χ2n) is 6.16. The lowest BCUT2D eigenvalue weighted by molar-refractivity contribution is -0.385. The summed E-state index contributed by atoms with van der Waals surface area (Å²) in [7, 11) is 0. The topological polar surface area (TPSA) is 84.7 Å². The van der Waals surface area contributed by atoms with Gasteiger partial charge in [-0.2, -0.15) is 0 Å². The number of amides is 1. The molecule has 0 aromatic heterocycles. The minimum atomic E-state index is -0.463. The highest BCUT2D eigenvalue weighted by Gasteiger charge is 2.17. The van der Waals surface area contributed by atoms with E-state index < -0.39 is 4.92 Å². The highest BCUT2D eigenvalue weighted by molar-refractivity contribution is 5.93. The number of carbonyl (C=O) groups excluding carboxylic acids is 1. The number of nitrogens with zero attached hydrogens (tertiary/aromatic N) is 2. The Bertz CT molecular complexity index is 788. The summed E-state index contributed by atoms with van der Waals surface area (Å²) in [6.45, 7) is 3.88. The van der Waals surface area contributed by atoms with Crippen LogP contribution in [0, 0.1) is 10.1 Å². The molecule has 1 amide bonds. The van der Waals surface area contributed by atoms with Gasteiger partial charge < -0.3 is 10.1 Å². The summed E-state index contributed by atoms with van der Waals surface area (Å²) in [6, 6.07) is 13.9. The first-order chi connectivity index (χ1) is 12.6. The van der Waals surface area contributed by atoms with Crippen molar-refractivity contribution < 1.29 is 14.5 Å². The molecule has 0 spiro atoms. The van der Waals surface area contributed by atoms with E-state index in [0.717, 1.165) is 30.9 Å². The summed E-state index contributed by atoms with van der Waals surface area (Å²) in [6.07, 6.45) is -0.0386. The van der Waals surface area contributed by atoms with Crippen molar-refractivity contribution >= 4 is 17.3 Å². The molecular weight excluding hydrogens is 334 g/mol. The first-order valence-corrected chi connectivity index (χ1v) is 8.53. The predicted octanol–water partition coefficient (Wildman–Crippen LogP) is 2.61. The number of ether oxygens (including phenoxy) is 1. The van der Waals surface area contributed by atoms with E-state index in [1.165, 1.54) is 6.07 Å². The molecule has 3 rings (SSSR count). The third-order valence-electron chi connectivity index (χ3n) is 4.33. The normalized spacial score (nSPS) is 14.8. The molecule has 1 saturated heterocycles. The second-order valence-corrected chi connectivity index (χ2v) is 6.16. The molecule has 0 bridgehead atoms. The van der Waals surface area contributed by atoms with Crippen molar-refractivity contribution in [2.75, 3.05) is 31.6 Å². The van der Waals surface area contributed by atoms with Gasteiger partial charge >= 0.3 is 0 Å². The molecule has 1 aliphatic rings. The van der Waals surface area contributed by atoms with E-state index in [1.54, 1.807) is 18.2 Å². The number of para-hydroxylation sites is 2. The van der Waals surface area contributed by atoms with Crippen LogP contribution in [0.1, 0.15) is 11.1 Å². The smallest absolute Gasteiger partial charge is 0.273 e. The van der Waals surface area contributed by atoms with Gasteiger partial charge in [-0.3, -0.25) is 19.8 Å². The number of morpholine rings is 1. The van der Waals surface area contributed by atoms with Gasteiger partial charge in [0.15, 0.2) is 0 Å². The Labute approximate surface area is 151 Å². The third kappa shape index (κ3) is 4.65. The van der Waals surface area contributed by atoms with Crippen LogP contribution in [0.5, 0.6) is 0 Å². The first-order valence-electron chi connectivity index (χ1n) is 8.53. The zero-order chi connectivity index (χ0) is 18.4. The zero-order valence-corrected chi connectivity index (χ0v) is 14.4. The Morgan fingerprint density at radius 1 is 1.08 bits per heavy atom. The van der Waals surface area contributed by atoms with Crippen LogP contribution < -0.4 is 5.32 Å². The van der Waals surface area contributed by atoms with Gasteiger partial charge in [-0.05, 0) is 11.6 Å². The van der Waals surface area contributed by atoms with Gasteiger partial charge in [-0.15, -0.1) is 0 Å². The van der Waals surface area contributed by atoms with Crippen LogP contribution in [0.15, 0.2) is 48.5 Å². The summed E-state index contributed by atoms with van der Waals surface area (Å²) in [5.41, 5.74) is 2.12. The number of nitro groups is 1. The van der Waals surface area contributed by atoms with Gasteiger partial charge in [0, 0.05) is 37.0 Å². The molecule has 0 saturated carbocycles. The number of nitro benzene ring substituents is 1. The van der Waals surface area contributed by atoms with Crippen LogP contribution in [0.25, 0.3) is 0 Å². The summed E-state index contributed by atoms with van der Waals surface area (Å²) in [4.78, 5) is 25.3. The fourth-order valence-electron chi connectivity index (χ4n) is 2.99. The molecule has 0 aliphatic carbocycles. The molecule has 0 atom stereocenters. The van der Waals surface area contributed by atoms with Gasteiger partial charge in [0.1, 0.15) is 0 Å². The van der Waals surface area contributed by atoms with Crippen LogP contribution in [0.4, 0.5) is 11.4 Å². The van der Waals surface area contributed by atoms with Crippen LogP contribution in [0.2, 0.25) is 0 Å². The van der Waals surface area contributed by atoms with Crippen molar-refractivity contribution in [1.82, 2.24) is 4.90 Å². The molecule has 1 N–H and O–H groups in total. The number of hydrogen-bond acceptors (Lipinski definition) is 5. The molecule has 1 fully saturated rings. The number of hydrogen-bond donors (Lipinski definition) is 1. The lowest BCUT2D eigenvalue weighted by atomic mass is 10.1. The van der Waals surface area contributed by atoms with Gasteiger partial charge in [-0.1, -0.05) is 36.4 Å². The van der Waals surface area contributed by atoms with E-state index in [0.29, 0.717) is 18.8 Å². The summed E-state index contributed by atoms with van der Waals surface area (Å²) >= 11 is 0. The molecule has 136 valence electrons. The fourth-order valence-corrected chi connectivity index (χ4v) is 2.99. The van der Waals surface area contributed by atoms with Gasteiger partial charge in [0.2, 0.25) is 5.91 Å². The molecule has 7 heteroatoms. The molecule has 1 aliphatic heterocycles. The maximum atomic E-state index is 12.4. The number of carbonyl (C=O) groups is 1. The Balaban J connectivity index is 1.69. The van der Waals surface area contributed by atoms with E-state index in [-0.39, 0.29) is 18.0 Å². The largest absolute Gasteiger partial charge is 0.379 e.